The van der Waals surface area contributed by atoms with Crippen LogP contribution in [0.5, 0.6) is 0 Å². The van der Waals surface area contributed by atoms with Crippen LogP contribution < -0.4 is 4.72 Å². The van der Waals surface area contributed by atoms with Crippen molar-refractivity contribution in [3.8, 4) is 11.3 Å². The second-order valence-corrected chi connectivity index (χ2v) is 14.9. The van der Waals surface area contributed by atoms with Crippen molar-refractivity contribution in [1.29, 1.82) is 0 Å². The summed E-state index contributed by atoms with van der Waals surface area (Å²) < 4.78 is 47.2. The highest BCUT2D eigenvalue weighted by Gasteiger charge is 2.33. The Hall–Kier alpha value is -3.70. The second-order valence-electron chi connectivity index (χ2n) is 13.2. The first kappa shape index (κ1) is 33.2. The number of nitrogens with one attached hydrogen (secondary N) is 1. The fourth-order valence-electron chi connectivity index (χ4n) is 5.48. The number of aromatic nitrogens is 1. The van der Waals surface area contributed by atoms with Crippen molar-refractivity contribution in [2.45, 2.75) is 95.8 Å². The monoisotopic (exact) mass is 626 g/mol. The fraction of sp³-hybridized carbons (Fsp3) is 0.485. The van der Waals surface area contributed by atoms with Gasteiger partial charge >= 0.3 is 18.0 Å². The number of carbonyl (C=O) groups is 3. The molecule has 0 amide bonds. The maximum Gasteiger partial charge on any atom is 0.419 e. The Morgan fingerprint density at radius 1 is 0.909 bits per heavy atom. The summed E-state index contributed by atoms with van der Waals surface area (Å²) in [4.78, 5) is 38.7. The van der Waals surface area contributed by atoms with Gasteiger partial charge in [0.2, 0.25) is 10.0 Å². The summed E-state index contributed by atoms with van der Waals surface area (Å²) in [5, 5.41) is 0.675. The number of carbonyl (C=O) groups excluding carboxylic acids is 3. The van der Waals surface area contributed by atoms with Gasteiger partial charge in [0.25, 0.3) is 0 Å². The van der Waals surface area contributed by atoms with E-state index >= 15 is 0 Å². The maximum absolute atomic E-state index is 13.5. The van der Waals surface area contributed by atoms with Gasteiger partial charge in [0.15, 0.2) is 0 Å². The van der Waals surface area contributed by atoms with E-state index in [1.54, 1.807) is 45.0 Å². The highest BCUT2D eigenvalue weighted by atomic mass is 32.2. The summed E-state index contributed by atoms with van der Waals surface area (Å²) in [7, 11) is -2.63. The first-order valence-corrected chi connectivity index (χ1v) is 16.3. The lowest BCUT2D eigenvalue weighted by molar-refractivity contribution is -0.161. The number of sulfonamides is 1. The molecular formula is C33H42N2O8S. The van der Waals surface area contributed by atoms with Crippen LogP contribution in [-0.4, -0.2) is 55.4 Å². The minimum Gasteiger partial charge on any atom is -0.469 e. The lowest BCUT2D eigenvalue weighted by Crippen LogP contribution is -2.41. The molecule has 11 heteroatoms. The second kappa shape index (κ2) is 12.7. The van der Waals surface area contributed by atoms with Crippen molar-refractivity contribution in [1.82, 2.24) is 9.29 Å². The van der Waals surface area contributed by atoms with E-state index in [9.17, 15) is 22.8 Å². The number of rotatable bonds is 7. The SMILES string of the molecule is COC(=O)Cc1c(-c2ccc(S(=O)(=O)NC3CCCC(C(=O)OC(C)(C)C)C3)cc2)n(C(=O)OC(C)(C)C)c2ccccc12. The van der Waals surface area contributed by atoms with E-state index in [1.165, 1.54) is 23.8 Å². The van der Waals surface area contributed by atoms with E-state index in [4.69, 9.17) is 14.2 Å². The summed E-state index contributed by atoms with van der Waals surface area (Å²) in [5.74, 6) is -1.17. The van der Waals surface area contributed by atoms with E-state index in [-0.39, 0.29) is 23.2 Å². The van der Waals surface area contributed by atoms with E-state index in [1.807, 2.05) is 32.9 Å². The molecular weight excluding hydrogens is 584 g/mol. The normalized spacial score (nSPS) is 17.7. The van der Waals surface area contributed by atoms with Gasteiger partial charge in [0.1, 0.15) is 11.2 Å². The highest BCUT2D eigenvalue weighted by Crippen LogP contribution is 2.36. The molecule has 0 aliphatic heterocycles. The Kier molecular flexibility index (Phi) is 9.60. The predicted molar refractivity (Wildman–Crippen MR) is 167 cm³/mol. The van der Waals surface area contributed by atoms with Gasteiger partial charge in [-0.25, -0.2) is 22.5 Å². The first-order chi connectivity index (χ1) is 20.5. The van der Waals surface area contributed by atoms with Gasteiger partial charge in [-0.15, -0.1) is 0 Å². The molecule has 0 radical (unpaired) electrons. The zero-order chi connectivity index (χ0) is 32.4. The topological polar surface area (TPSA) is 130 Å². The molecule has 2 atom stereocenters. The Labute approximate surface area is 259 Å². The Bertz CT molecular complexity index is 1640. The van der Waals surface area contributed by atoms with Crippen LogP contribution >= 0.6 is 0 Å². The molecule has 0 bridgehead atoms. The predicted octanol–water partition coefficient (Wildman–Crippen LogP) is 5.99. The number of methoxy groups -OCH3 is 1. The standard InChI is InChI=1S/C33H42N2O8S/c1-32(2,3)42-30(37)22-11-10-12-23(19-22)34-44(39,40)24-17-15-21(16-18-24)29-26(20-28(36)41-7)25-13-8-9-14-27(25)35(29)31(38)43-33(4,5)6/h8-9,13-18,22-23,34H,10-12,19-20H2,1-7H3. The van der Waals surface area contributed by atoms with E-state index < -0.39 is 39.3 Å². The smallest absolute Gasteiger partial charge is 0.419 e. The molecule has 2 unspecified atom stereocenters. The third kappa shape index (κ3) is 7.87. The van der Waals surface area contributed by atoms with Gasteiger partial charge in [-0.3, -0.25) is 9.59 Å². The molecule has 1 N–H and O–H groups in total. The highest BCUT2D eigenvalue weighted by molar-refractivity contribution is 7.89. The zero-order valence-corrected chi connectivity index (χ0v) is 27.2. The van der Waals surface area contributed by atoms with Crippen molar-refractivity contribution in [3.63, 3.8) is 0 Å². The quantitative estimate of drug-likeness (QED) is 0.250. The summed E-state index contributed by atoms with van der Waals surface area (Å²) in [6.07, 6.45) is 1.60. The van der Waals surface area contributed by atoms with E-state index in [0.29, 0.717) is 53.4 Å². The minimum atomic E-state index is -3.93. The number of nitrogens with zero attached hydrogens (tertiary/aromatic N) is 1. The first-order valence-electron chi connectivity index (χ1n) is 14.8. The van der Waals surface area contributed by atoms with E-state index in [0.717, 1.165) is 0 Å². The number of benzene rings is 2. The zero-order valence-electron chi connectivity index (χ0n) is 26.4. The molecule has 1 fully saturated rings. The molecule has 1 saturated carbocycles. The largest absolute Gasteiger partial charge is 0.469 e. The van der Waals surface area contributed by atoms with Crippen molar-refractivity contribution in [2.75, 3.05) is 7.11 Å². The van der Waals surface area contributed by atoms with Crippen LogP contribution in [0.25, 0.3) is 22.2 Å². The number of hydrogen-bond acceptors (Lipinski definition) is 8. The minimum absolute atomic E-state index is 0.0371. The number of para-hydroxylation sites is 1. The van der Waals surface area contributed by atoms with Gasteiger partial charge in [0.05, 0.1) is 35.6 Å². The van der Waals surface area contributed by atoms with Crippen LogP contribution in [0.1, 0.15) is 72.8 Å². The lowest BCUT2D eigenvalue weighted by atomic mass is 9.86. The molecule has 1 aromatic heterocycles. The number of fused-ring (bicyclic) bond motifs is 1. The maximum atomic E-state index is 13.5. The third-order valence-electron chi connectivity index (χ3n) is 7.28. The summed E-state index contributed by atoms with van der Waals surface area (Å²) in [6, 6.07) is 12.9. The van der Waals surface area contributed by atoms with Crippen molar-refractivity contribution in [2.24, 2.45) is 5.92 Å². The third-order valence-corrected chi connectivity index (χ3v) is 8.81. The van der Waals surface area contributed by atoms with E-state index in [2.05, 4.69) is 4.72 Å². The van der Waals surface area contributed by atoms with Crippen LogP contribution in [0.3, 0.4) is 0 Å². The van der Waals surface area contributed by atoms with Gasteiger partial charge in [-0.1, -0.05) is 36.8 Å². The summed E-state index contributed by atoms with van der Waals surface area (Å²) >= 11 is 0. The molecule has 1 aliphatic carbocycles. The molecule has 4 rings (SSSR count). The van der Waals surface area contributed by atoms with Crippen molar-refractivity contribution in [3.05, 3.63) is 54.1 Å². The van der Waals surface area contributed by atoms with Crippen molar-refractivity contribution >= 4 is 39.0 Å². The van der Waals surface area contributed by atoms with Gasteiger partial charge in [-0.05, 0) is 90.1 Å². The average molecular weight is 627 g/mol. The van der Waals surface area contributed by atoms with Crippen LogP contribution in [0, 0.1) is 5.92 Å². The van der Waals surface area contributed by atoms with Crippen LogP contribution in [0.15, 0.2) is 53.4 Å². The molecule has 1 heterocycles. The molecule has 2 aromatic carbocycles. The summed E-state index contributed by atoms with van der Waals surface area (Å²) in [6.45, 7) is 10.7. The van der Waals surface area contributed by atoms with Crippen molar-refractivity contribution < 1.29 is 37.0 Å². The Morgan fingerprint density at radius 3 is 2.16 bits per heavy atom. The van der Waals surface area contributed by atoms with Crippen LogP contribution in [0.2, 0.25) is 0 Å². The average Bonchev–Trinajstić information content (AvgIpc) is 3.25. The van der Waals surface area contributed by atoms with Gasteiger partial charge in [0, 0.05) is 11.4 Å². The molecule has 238 valence electrons. The number of hydrogen-bond donors (Lipinski definition) is 1. The van der Waals surface area contributed by atoms with Crippen LogP contribution in [0.4, 0.5) is 4.79 Å². The molecule has 10 nitrogen and oxygen atoms in total. The molecule has 44 heavy (non-hydrogen) atoms. The van der Waals surface area contributed by atoms with Gasteiger partial charge in [-0.2, -0.15) is 0 Å². The Morgan fingerprint density at radius 2 is 1.55 bits per heavy atom. The number of ether oxygens (including phenoxy) is 3. The fourth-order valence-corrected chi connectivity index (χ4v) is 6.76. The molecule has 1 aliphatic rings. The van der Waals surface area contributed by atoms with Gasteiger partial charge < -0.3 is 14.2 Å². The molecule has 0 spiro atoms. The number of esters is 2. The summed E-state index contributed by atoms with van der Waals surface area (Å²) in [5.41, 5.74) is 0.640. The molecule has 3 aromatic rings. The molecule has 0 saturated heterocycles. The van der Waals surface area contributed by atoms with Crippen LogP contribution in [-0.2, 0) is 40.2 Å². The lowest BCUT2D eigenvalue weighted by Gasteiger charge is -2.30. The Balaban J connectivity index is 1.67.